The lowest BCUT2D eigenvalue weighted by atomic mass is 9.71. The Hall–Kier alpha value is -1.88. The Morgan fingerprint density at radius 3 is 2.44 bits per heavy atom. The SMILES string of the molecule is Cc1ccccc1C1(C(=O)N2CCC(CC(=O)O)CC2)CCOCC1. The van der Waals surface area contributed by atoms with Gasteiger partial charge in [0.2, 0.25) is 5.91 Å². The van der Waals surface area contributed by atoms with Gasteiger partial charge in [-0.1, -0.05) is 24.3 Å². The summed E-state index contributed by atoms with van der Waals surface area (Å²) < 4.78 is 5.55. The van der Waals surface area contributed by atoms with Crippen LogP contribution in [0.25, 0.3) is 0 Å². The first-order chi connectivity index (χ1) is 12.0. The van der Waals surface area contributed by atoms with Gasteiger partial charge in [0.25, 0.3) is 0 Å². The highest BCUT2D eigenvalue weighted by Crippen LogP contribution is 2.39. The molecule has 25 heavy (non-hydrogen) atoms. The lowest BCUT2D eigenvalue weighted by Gasteiger charge is -2.43. The molecule has 0 unspecified atom stereocenters. The maximum Gasteiger partial charge on any atom is 0.303 e. The van der Waals surface area contributed by atoms with Crippen LogP contribution in [-0.2, 0) is 19.7 Å². The van der Waals surface area contributed by atoms with Gasteiger partial charge in [0.15, 0.2) is 0 Å². The molecule has 0 radical (unpaired) electrons. The molecule has 0 aromatic heterocycles. The molecule has 2 aliphatic heterocycles. The largest absolute Gasteiger partial charge is 0.481 e. The van der Waals surface area contributed by atoms with Gasteiger partial charge in [-0.15, -0.1) is 0 Å². The number of benzene rings is 1. The number of carboxylic acids is 1. The van der Waals surface area contributed by atoms with Crippen LogP contribution in [0, 0.1) is 12.8 Å². The highest BCUT2D eigenvalue weighted by molar-refractivity contribution is 5.89. The van der Waals surface area contributed by atoms with Crippen molar-refractivity contribution in [1.82, 2.24) is 4.90 Å². The van der Waals surface area contributed by atoms with Crippen molar-refractivity contribution in [2.45, 2.75) is 44.4 Å². The molecule has 2 heterocycles. The van der Waals surface area contributed by atoms with Crippen molar-refractivity contribution >= 4 is 11.9 Å². The van der Waals surface area contributed by atoms with Crippen LogP contribution < -0.4 is 0 Å². The minimum Gasteiger partial charge on any atom is -0.481 e. The van der Waals surface area contributed by atoms with E-state index in [0.717, 1.165) is 24.0 Å². The predicted octanol–water partition coefficient (Wildman–Crippen LogP) is 2.76. The molecule has 1 aromatic rings. The summed E-state index contributed by atoms with van der Waals surface area (Å²) >= 11 is 0. The van der Waals surface area contributed by atoms with E-state index in [1.807, 2.05) is 17.0 Å². The van der Waals surface area contributed by atoms with E-state index in [1.54, 1.807) is 0 Å². The Morgan fingerprint density at radius 2 is 1.84 bits per heavy atom. The summed E-state index contributed by atoms with van der Waals surface area (Å²) in [5, 5.41) is 8.97. The second kappa shape index (κ2) is 7.56. The number of piperidine rings is 1. The van der Waals surface area contributed by atoms with Crippen LogP contribution in [0.5, 0.6) is 0 Å². The van der Waals surface area contributed by atoms with Crippen LogP contribution in [-0.4, -0.2) is 48.2 Å². The summed E-state index contributed by atoms with van der Waals surface area (Å²) in [6, 6.07) is 8.16. The van der Waals surface area contributed by atoms with Gasteiger partial charge in [-0.05, 0) is 49.7 Å². The zero-order chi connectivity index (χ0) is 17.9. The van der Waals surface area contributed by atoms with E-state index in [-0.39, 0.29) is 18.2 Å². The van der Waals surface area contributed by atoms with Gasteiger partial charge in [-0.3, -0.25) is 9.59 Å². The quantitative estimate of drug-likeness (QED) is 0.911. The van der Waals surface area contributed by atoms with E-state index in [0.29, 0.717) is 39.1 Å². The van der Waals surface area contributed by atoms with E-state index in [2.05, 4.69) is 19.1 Å². The number of ether oxygens (including phenoxy) is 1. The molecule has 2 saturated heterocycles. The molecule has 1 N–H and O–H groups in total. The molecule has 2 fully saturated rings. The third kappa shape index (κ3) is 3.71. The molecule has 3 rings (SSSR count). The number of carbonyl (C=O) groups excluding carboxylic acids is 1. The molecule has 2 aliphatic rings. The number of aliphatic carboxylic acids is 1. The fourth-order valence-electron chi connectivity index (χ4n) is 4.32. The number of likely N-dealkylation sites (tertiary alicyclic amines) is 1. The van der Waals surface area contributed by atoms with E-state index < -0.39 is 11.4 Å². The normalized spacial score (nSPS) is 21.1. The van der Waals surface area contributed by atoms with Crippen LogP contribution in [0.2, 0.25) is 0 Å². The first kappa shape index (κ1) is 17.9. The third-order valence-corrected chi connectivity index (χ3v) is 5.78. The van der Waals surface area contributed by atoms with Crippen LogP contribution in [0.4, 0.5) is 0 Å². The fourth-order valence-corrected chi connectivity index (χ4v) is 4.32. The van der Waals surface area contributed by atoms with Gasteiger partial charge >= 0.3 is 5.97 Å². The Bertz CT molecular complexity index is 628. The molecular weight excluding hydrogens is 318 g/mol. The summed E-state index contributed by atoms with van der Waals surface area (Å²) in [6.45, 7) is 4.60. The van der Waals surface area contributed by atoms with Gasteiger partial charge in [0, 0.05) is 32.7 Å². The number of aryl methyl sites for hydroxylation is 1. The van der Waals surface area contributed by atoms with Gasteiger partial charge < -0.3 is 14.7 Å². The highest BCUT2D eigenvalue weighted by Gasteiger charge is 2.45. The van der Waals surface area contributed by atoms with Crippen molar-refractivity contribution in [3.05, 3.63) is 35.4 Å². The number of carbonyl (C=O) groups is 2. The maximum atomic E-state index is 13.5. The van der Waals surface area contributed by atoms with E-state index in [4.69, 9.17) is 9.84 Å². The molecular formula is C20H27NO4. The zero-order valence-corrected chi connectivity index (χ0v) is 14.9. The van der Waals surface area contributed by atoms with Crippen molar-refractivity contribution < 1.29 is 19.4 Å². The molecule has 136 valence electrons. The Morgan fingerprint density at radius 1 is 1.20 bits per heavy atom. The second-order valence-corrected chi connectivity index (χ2v) is 7.34. The predicted molar refractivity (Wildman–Crippen MR) is 94.5 cm³/mol. The van der Waals surface area contributed by atoms with E-state index >= 15 is 0 Å². The van der Waals surface area contributed by atoms with Crippen LogP contribution >= 0.6 is 0 Å². The van der Waals surface area contributed by atoms with Crippen molar-refractivity contribution in [3.63, 3.8) is 0 Å². The lowest BCUT2D eigenvalue weighted by Crippen LogP contribution is -2.52. The number of nitrogens with zero attached hydrogens (tertiary/aromatic N) is 1. The average Bonchev–Trinajstić information content (AvgIpc) is 2.62. The average molecular weight is 345 g/mol. The molecule has 1 amide bonds. The molecule has 0 atom stereocenters. The molecule has 5 heteroatoms. The van der Waals surface area contributed by atoms with Crippen molar-refractivity contribution in [2.75, 3.05) is 26.3 Å². The first-order valence-corrected chi connectivity index (χ1v) is 9.18. The topological polar surface area (TPSA) is 66.8 Å². The zero-order valence-electron chi connectivity index (χ0n) is 14.9. The molecule has 0 bridgehead atoms. The number of hydrogen-bond acceptors (Lipinski definition) is 3. The minimum absolute atomic E-state index is 0.186. The lowest BCUT2D eigenvalue weighted by molar-refractivity contribution is -0.143. The van der Waals surface area contributed by atoms with E-state index in [1.165, 1.54) is 0 Å². The summed E-state index contributed by atoms with van der Waals surface area (Å²) in [7, 11) is 0. The first-order valence-electron chi connectivity index (χ1n) is 9.18. The van der Waals surface area contributed by atoms with Crippen molar-refractivity contribution in [2.24, 2.45) is 5.92 Å². The molecule has 5 nitrogen and oxygen atoms in total. The Balaban J connectivity index is 1.80. The van der Waals surface area contributed by atoms with Gasteiger partial charge in [0.05, 0.1) is 5.41 Å². The molecule has 0 aliphatic carbocycles. The minimum atomic E-state index is -0.745. The number of carboxylic acid groups (broad SMARTS) is 1. The summed E-state index contributed by atoms with van der Waals surface area (Å²) in [5.41, 5.74) is 1.78. The fraction of sp³-hybridized carbons (Fsp3) is 0.600. The number of amides is 1. The summed E-state index contributed by atoms with van der Waals surface area (Å²) in [4.78, 5) is 26.4. The molecule has 0 saturated carbocycles. The third-order valence-electron chi connectivity index (χ3n) is 5.78. The molecule has 1 aromatic carbocycles. The highest BCUT2D eigenvalue weighted by atomic mass is 16.5. The summed E-state index contributed by atoms with van der Waals surface area (Å²) in [6.07, 6.45) is 3.19. The van der Waals surface area contributed by atoms with Crippen LogP contribution in [0.15, 0.2) is 24.3 Å². The number of rotatable bonds is 4. The smallest absolute Gasteiger partial charge is 0.303 e. The van der Waals surface area contributed by atoms with E-state index in [9.17, 15) is 9.59 Å². The van der Waals surface area contributed by atoms with Crippen LogP contribution in [0.3, 0.4) is 0 Å². The van der Waals surface area contributed by atoms with Gasteiger partial charge in [0.1, 0.15) is 0 Å². The Labute approximate surface area is 149 Å². The van der Waals surface area contributed by atoms with Crippen molar-refractivity contribution in [3.8, 4) is 0 Å². The maximum absolute atomic E-state index is 13.5. The number of hydrogen-bond donors (Lipinski definition) is 1. The second-order valence-electron chi connectivity index (χ2n) is 7.34. The van der Waals surface area contributed by atoms with Gasteiger partial charge in [-0.25, -0.2) is 0 Å². The van der Waals surface area contributed by atoms with Crippen LogP contribution in [0.1, 0.15) is 43.2 Å². The Kier molecular flexibility index (Phi) is 5.42. The monoisotopic (exact) mass is 345 g/mol. The molecule has 0 spiro atoms. The van der Waals surface area contributed by atoms with Crippen molar-refractivity contribution in [1.29, 1.82) is 0 Å². The standard InChI is InChI=1S/C20H27NO4/c1-15-4-2-3-5-17(15)20(8-12-25-13-9-20)19(24)21-10-6-16(7-11-21)14-18(22)23/h2-5,16H,6-14H2,1H3,(H,22,23). The summed E-state index contributed by atoms with van der Waals surface area (Å²) in [5.74, 6) is -0.366. The van der Waals surface area contributed by atoms with Gasteiger partial charge in [-0.2, -0.15) is 0 Å².